The van der Waals surface area contributed by atoms with E-state index in [0.717, 1.165) is 12.6 Å². The molecule has 0 amide bonds. The predicted octanol–water partition coefficient (Wildman–Crippen LogP) is 3.82. The molecule has 1 unspecified atom stereocenters. The molecule has 0 aliphatic carbocycles. The van der Waals surface area contributed by atoms with Crippen LogP contribution in [0.25, 0.3) is 10.2 Å². The summed E-state index contributed by atoms with van der Waals surface area (Å²) in [4.78, 5) is 12.4. The van der Waals surface area contributed by atoms with Crippen LogP contribution < -0.4 is 4.90 Å². The van der Waals surface area contributed by atoms with Crippen LogP contribution in [0, 0.1) is 17.5 Å². The lowest BCUT2D eigenvalue weighted by Crippen LogP contribution is -2.51. The van der Waals surface area contributed by atoms with Crippen LogP contribution in [-0.2, 0) is 6.54 Å². The summed E-state index contributed by atoms with van der Waals surface area (Å²) in [5.74, 6) is -1.53. The molecule has 0 N–H and O–H groups in total. The maximum absolute atomic E-state index is 13.9. The zero-order valence-electron chi connectivity index (χ0n) is 14.1. The number of thiazole rings is 1. The van der Waals surface area contributed by atoms with Crippen molar-refractivity contribution in [3.63, 3.8) is 0 Å². The quantitative estimate of drug-likeness (QED) is 0.694. The molecule has 136 valence electrons. The Balaban J connectivity index is 1.50. The van der Waals surface area contributed by atoms with Crippen LogP contribution in [0.4, 0.5) is 18.3 Å². The van der Waals surface area contributed by atoms with Gasteiger partial charge in [-0.05, 0) is 19.1 Å². The molecule has 3 heterocycles. The minimum atomic E-state index is -0.637. The van der Waals surface area contributed by atoms with Crippen molar-refractivity contribution in [3.8, 4) is 0 Å². The van der Waals surface area contributed by atoms with Gasteiger partial charge in [-0.15, -0.1) is 0 Å². The van der Waals surface area contributed by atoms with Crippen LogP contribution in [-0.4, -0.2) is 40.5 Å². The van der Waals surface area contributed by atoms with E-state index < -0.39 is 11.6 Å². The van der Waals surface area contributed by atoms with E-state index in [1.54, 1.807) is 12.3 Å². The summed E-state index contributed by atoms with van der Waals surface area (Å²) in [6.45, 7) is 4.70. The van der Waals surface area contributed by atoms with Crippen LogP contribution in [0.15, 0.2) is 30.6 Å². The van der Waals surface area contributed by atoms with E-state index in [1.165, 1.54) is 23.6 Å². The fraction of sp³-hybridized carbons (Fsp3) is 0.333. The monoisotopic (exact) mass is 378 g/mol. The molecule has 3 aromatic rings. The van der Waals surface area contributed by atoms with Crippen molar-refractivity contribution in [2.24, 2.45) is 0 Å². The van der Waals surface area contributed by atoms with E-state index in [1.807, 2.05) is 0 Å². The summed E-state index contributed by atoms with van der Waals surface area (Å²) in [6, 6.07) is 4.03. The largest absolute Gasteiger partial charge is 0.345 e. The molecule has 8 heteroatoms. The SMILES string of the molecule is CC1CN(c2nc3c(F)cc(F)cc3s2)CCN1Cc1ccncc1F. The molecule has 26 heavy (non-hydrogen) atoms. The number of halogens is 3. The number of hydrogen-bond acceptors (Lipinski definition) is 5. The Morgan fingerprint density at radius 3 is 2.81 bits per heavy atom. The average molecular weight is 378 g/mol. The molecule has 1 fully saturated rings. The van der Waals surface area contributed by atoms with Crippen LogP contribution in [0.2, 0.25) is 0 Å². The lowest BCUT2D eigenvalue weighted by Gasteiger charge is -2.39. The van der Waals surface area contributed by atoms with Gasteiger partial charge in [-0.3, -0.25) is 9.88 Å². The van der Waals surface area contributed by atoms with Gasteiger partial charge in [-0.2, -0.15) is 0 Å². The summed E-state index contributed by atoms with van der Waals surface area (Å²) < 4.78 is 41.6. The normalized spacial score (nSPS) is 18.6. The molecular weight excluding hydrogens is 361 g/mol. The van der Waals surface area contributed by atoms with E-state index in [2.05, 4.69) is 26.7 Å². The van der Waals surface area contributed by atoms with Crippen LogP contribution >= 0.6 is 11.3 Å². The molecular formula is C18H17F3N4S. The van der Waals surface area contributed by atoms with Gasteiger partial charge in [0.25, 0.3) is 0 Å². The minimum absolute atomic E-state index is 0.171. The smallest absolute Gasteiger partial charge is 0.186 e. The first-order valence-electron chi connectivity index (χ1n) is 8.34. The fourth-order valence-corrected chi connectivity index (χ4v) is 4.28. The first kappa shape index (κ1) is 17.2. The maximum atomic E-state index is 13.9. The van der Waals surface area contributed by atoms with Gasteiger partial charge in [0, 0.05) is 50.0 Å². The van der Waals surface area contributed by atoms with Crippen LogP contribution in [0.5, 0.6) is 0 Å². The fourth-order valence-electron chi connectivity index (χ4n) is 3.24. The molecule has 1 aliphatic rings. The highest BCUT2D eigenvalue weighted by atomic mass is 32.1. The number of piperazine rings is 1. The van der Waals surface area contributed by atoms with Gasteiger partial charge in [0.1, 0.15) is 17.2 Å². The molecule has 4 nitrogen and oxygen atoms in total. The Kier molecular flexibility index (Phi) is 4.54. The predicted molar refractivity (Wildman–Crippen MR) is 95.8 cm³/mol. The summed E-state index contributed by atoms with van der Waals surface area (Å²) in [5.41, 5.74) is 0.832. The third-order valence-electron chi connectivity index (χ3n) is 4.67. The van der Waals surface area contributed by atoms with Gasteiger partial charge >= 0.3 is 0 Å². The van der Waals surface area contributed by atoms with E-state index in [0.29, 0.717) is 35.0 Å². The van der Waals surface area contributed by atoms with Gasteiger partial charge in [0.05, 0.1) is 10.9 Å². The molecule has 2 aromatic heterocycles. The molecule has 0 saturated carbocycles. The van der Waals surface area contributed by atoms with Gasteiger partial charge in [0.2, 0.25) is 0 Å². The van der Waals surface area contributed by atoms with Crippen molar-refractivity contribution in [3.05, 3.63) is 53.6 Å². The molecule has 1 atom stereocenters. The van der Waals surface area contributed by atoms with E-state index >= 15 is 0 Å². The Hall–Kier alpha value is -2.19. The molecule has 0 bridgehead atoms. The first-order valence-corrected chi connectivity index (χ1v) is 9.16. The standard InChI is InChI=1S/C18H17F3N4S/c1-11-9-25(5-4-24(11)10-12-2-3-22-8-15(12)21)18-23-17-14(20)6-13(19)7-16(17)26-18/h2-3,6-8,11H,4-5,9-10H2,1H3. The number of pyridine rings is 1. The second-order valence-corrected chi connectivity index (χ2v) is 7.47. The van der Waals surface area contributed by atoms with Gasteiger partial charge in [-0.1, -0.05) is 11.3 Å². The van der Waals surface area contributed by atoms with Crippen molar-refractivity contribution in [1.29, 1.82) is 0 Å². The molecule has 0 radical (unpaired) electrons. The summed E-state index contributed by atoms with van der Waals surface area (Å²) in [7, 11) is 0. The molecule has 1 saturated heterocycles. The first-order chi connectivity index (χ1) is 12.5. The third-order valence-corrected chi connectivity index (χ3v) is 5.73. The zero-order valence-corrected chi connectivity index (χ0v) is 14.9. The molecule has 1 aromatic carbocycles. The Bertz CT molecular complexity index is 945. The lowest BCUT2D eigenvalue weighted by molar-refractivity contribution is 0.179. The van der Waals surface area contributed by atoms with Gasteiger partial charge in [-0.25, -0.2) is 18.2 Å². The second kappa shape index (κ2) is 6.85. The van der Waals surface area contributed by atoms with Crippen molar-refractivity contribution < 1.29 is 13.2 Å². The van der Waals surface area contributed by atoms with Crippen LogP contribution in [0.3, 0.4) is 0 Å². The van der Waals surface area contributed by atoms with E-state index in [4.69, 9.17) is 0 Å². The number of rotatable bonds is 3. The summed E-state index contributed by atoms with van der Waals surface area (Å²) in [5, 5.41) is 0.686. The summed E-state index contributed by atoms with van der Waals surface area (Å²) >= 11 is 1.29. The van der Waals surface area contributed by atoms with E-state index in [-0.39, 0.29) is 17.4 Å². The van der Waals surface area contributed by atoms with Gasteiger partial charge < -0.3 is 4.90 Å². The molecule has 0 spiro atoms. The molecule has 4 rings (SSSR count). The number of aromatic nitrogens is 2. The highest BCUT2D eigenvalue weighted by Crippen LogP contribution is 2.32. The Labute approximate surface area is 152 Å². The second-order valence-electron chi connectivity index (χ2n) is 6.46. The molecule has 1 aliphatic heterocycles. The highest BCUT2D eigenvalue weighted by molar-refractivity contribution is 7.22. The number of hydrogen-bond donors (Lipinski definition) is 0. The van der Waals surface area contributed by atoms with E-state index in [9.17, 15) is 13.2 Å². The maximum Gasteiger partial charge on any atom is 0.186 e. The average Bonchev–Trinajstić information content (AvgIpc) is 3.03. The number of benzene rings is 1. The van der Waals surface area contributed by atoms with Crippen molar-refractivity contribution in [1.82, 2.24) is 14.9 Å². The third kappa shape index (κ3) is 3.26. The lowest BCUT2D eigenvalue weighted by atomic mass is 10.1. The Morgan fingerprint density at radius 2 is 2.04 bits per heavy atom. The van der Waals surface area contributed by atoms with Crippen molar-refractivity contribution in [2.75, 3.05) is 24.5 Å². The number of nitrogens with zero attached hydrogens (tertiary/aromatic N) is 4. The van der Waals surface area contributed by atoms with Gasteiger partial charge in [0.15, 0.2) is 10.9 Å². The van der Waals surface area contributed by atoms with Crippen LogP contribution in [0.1, 0.15) is 12.5 Å². The summed E-state index contributed by atoms with van der Waals surface area (Å²) in [6.07, 6.45) is 2.82. The zero-order chi connectivity index (χ0) is 18.3. The minimum Gasteiger partial charge on any atom is -0.345 e. The van der Waals surface area contributed by atoms with Crippen molar-refractivity contribution in [2.45, 2.75) is 19.5 Å². The van der Waals surface area contributed by atoms with Crippen molar-refractivity contribution >= 4 is 26.7 Å². The Morgan fingerprint density at radius 1 is 1.19 bits per heavy atom. The number of anilines is 1. The number of fused-ring (bicyclic) bond motifs is 1. The highest BCUT2D eigenvalue weighted by Gasteiger charge is 2.26. The topological polar surface area (TPSA) is 32.3 Å².